The van der Waals surface area contributed by atoms with Crippen LogP contribution in [0.3, 0.4) is 0 Å². The third-order valence-electron chi connectivity index (χ3n) is 7.71. The number of fused-ring (bicyclic) bond motifs is 4. The van der Waals surface area contributed by atoms with E-state index in [0.717, 1.165) is 17.9 Å². The van der Waals surface area contributed by atoms with Crippen molar-refractivity contribution in [2.75, 3.05) is 13.2 Å². The second-order valence-electron chi connectivity index (χ2n) is 9.52. The van der Waals surface area contributed by atoms with Gasteiger partial charge in [-0.15, -0.1) is 0 Å². The minimum Gasteiger partial charge on any atom is -0.396 e. The number of carbonyl (C=O) groups excluding carboxylic acids is 1. The van der Waals surface area contributed by atoms with Gasteiger partial charge in [-0.2, -0.15) is 0 Å². The highest BCUT2D eigenvalue weighted by Crippen LogP contribution is 2.49. The molecule has 1 amide bonds. The molecular weight excluding hydrogens is 404 g/mol. The summed E-state index contributed by atoms with van der Waals surface area (Å²) in [7, 11) is 0. The fourth-order valence-electron chi connectivity index (χ4n) is 6.19. The molecule has 1 saturated heterocycles. The Hall–Kier alpha value is -2.51. The highest BCUT2D eigenvalue weighted by atomic mass is 16.3. The Morgan fingerprint density at radius 3 is 2.72 bits per heavy atom. The topological polar surface area (TPSA) is 87.5 Å². The van der Waals surface area contributed by atoms with Gasteiger partial charge in [0.15, 0.2) is 0 Å². The van der Waals surface area contributed by atoms with Crippen molar-refractivity contribution in [3.63, 3.8) is 0 Å². The summed E-state index contributed by atoms with van der Waals surface area (Å²) in [6.07, 6.45) is 7.99. The molecule has 1 saturated carbocycles. The summed E-state index contributed by atoms with van der Waals surface area (Å²) in [5, 5.41) is 13.4. The van der Waals surface area contributed by atoms with Crippen molar-refractivity contribution in [1.29, 1.82) is 0 Å². The molecule has 2 fully saturated rings. The minimum absolute atomic E-state index is 0.00914. The first kappa shape index (κ1) is 21.3. The lowest BCUT2D eigenvalue weighted by Crippen LogP contribution is -2.48. The van der Waals surface area contributed by atoms with Crippen LogP contribution in [-0.2, 0) is 17.9 Å². The number of nitrogens with zero attached hydrogens (tertiary/aromatic N) is 3. The zero-order chi connectivity index (χ0) is 22.1. The van der Waals surface area contributed by atoms with E-state index < -0.39 is 5.92 Å². The molecule has 170 valence electrons. The average molecular weight is 437 g/mol. The molecule has 1 aliphatic carbocycles. The summed E-state index contributed by atoms with van der Waals surface area (Å²) in [6, 6.07) is 10.8. The second kappa shape index (κ2) is 9.16. The van der Waals surface area contributed by atoms with Gasteiger partial charge in [-0.05, 0) is 37.0 Å². The smallest absolute Gasteiger partial charge is 0.250 e. The molecule has 4 heterocycles. The lowest BCUT2D eigenvalue weighted by Gasteiger charge is -2.40. The first-order valence-corrected chi connectivity index (χ1v) is 11.9. The first-order valence-electron chi connectivity index (χ1n) is 11.9. The van der Waals surface area contributed by atoms with Crippen LogP contribution in [0.25, 0.3) is 0 Å². The van der Waals surface area contributed by atoms with E-state index in [1.807, 2.05) is 28.8 Å². The Morgan fingerprint density at radius 2 is 1.97 bits per heavy atom. The van der Waals surface area contributed by atoms with Crippen LogP contribution in [0.4, 0.5) is 0 Å². The fraction of sp³-hybridized carbons (Fsp3) is 0.560. The maximum Gasteiger partial charge on any atom is 0.250 e. The van der Waals surface area contributed by atoms with Crippen molar-refractivity contribution < 1.29 is 9.90 Å². The van der Waals surface area contributed by atoms with Crippen LogP contribution < -0.4 is 10.9 Å². The molecule has 7 heteroatoms. The second-order valence-corrected chi connectivity index (χ2v) is 9.52. The molecule has 7 nitrogen and oxygen atoms in total. The molecule has 4 atom stereocenters. The van der Waals surface area contributed by atoms with Gasteiger partial charge in [-0.3, -0.25) is 19.5 Å². The third kappa shape index (κ3) is 3.88. The summed E-state index contributed by atoms with van der Waals surface area (Å²) in [4.78, 5) is 32.9. The van der Waals surface area contributed by atoms with E-state index in [1.165, 1.54) is 32.1 Å². The molecule has 0 aromatic carbocycles. The highest BCUT2D eigenvalue weighted by molar-refractivity contribution is 5.80. The Balaban J connectivity index is 1.46. The molecule has 2 bridgehead atoms. The van der Waals surface area contributed by atoms with Gasteiger partial charge in [0.05, 0.1) is 24.2 Å². The molecule has 2 aromatic heterocycles. The maximum atomic E-state index is 13.5. The molecule has 2 aliphatic heterocycles. The number of hydrogen-bond acceptors (Lipinski definition) is 5. The SMILES string of the molecule is O=C(NCc1ccccn1)[C@H]1[C@H](CO)[C@H]2Cn3c(cccc3=O)[C@@H]1N2CC1CCCCC1. The number of pyridine rings is 2. The highest BCUT2D eigenvalue weighted by Gasteiger charge is 2.55. The van der Waals surface area contributed by atoms with Crippen molar-refractivity contribution in [3.05, 3.63) is 64.3 Å². The Morgan fingerprint density at radius 1 is 1.12 bits per heavy atom. The van der Waals surface area contributed by atoms with Crippen LogP contribution in [0, 0.1) is 17.8 Å². The molecular formula is C25H32N4O3. The molecule has 0 spiro atoms. The summed E-state index contributed by atoms with van der Waals surface area (Å²) in [5.74, 6) is -0.0505. The predicted molar refractivity (Wildman–Crippen MR) is 121 cm³/mol. The summed E-state index contributed by atoms with van der Waals surface area (Å²) in [5.41, 5.74) is 1.68. The van der Waals surface area contributed by atoms with Crippen LogP contribution in [0.2, 0.25) is 0 Å². The minimum atomic E-state index is -0.396. The number of carbonyl (C=O) groups is 1. The number of hydrogen-bond donors (Lipinski definition) is 2. The van der Waals surface area contributed by atoms with Crippen LogP contribution in [0.1, 0.15) is 49.5 Å². The average Bonchev–Trinajstić information content (AvgIpc) is 3.03. The fourth-order valence-corrected chi connectivity index (χ4v) is 6.19. The number of rotatable bonds is 6. The third-order valence-corrected chi connectivity index (χ3v) is 7.71. The number of nitrogens with one attached hydrogen (secondary N) is 1. The number of aliphatic hydroxyl groups is 1. The van der Waals surface area contributed by atoms with E-state index in [9.17, 15) is 14.7 Å². The lowest BCUT2D eigenvalue weighted by atomic mass is 9.86. The van der Waals surface area contributed by atoms with Crippen LogP contribution >= 0.6 is 0 Å². The van der Waals surface area contributed by atoms with Crippen LogP contribution in [-0.4, -0.2) is 44.7 Å². The lowest BCUT2D eigenvalue weighted by molar-refractivity contribution is -0.127. The number of aromatic nitrogens is 2. The van der Waals surface area contributed by atoms with Gasteiger partial charge < -0.3 is 15.0 Å². The van der Waals surface area contributed by atoms with Gasteiger partial charge >= 0.3 is 0 Å². The summed E-state index contributed by atoms with van der Waals surface area (Å²) >= 11 is 0. The van der Waals surface area contributed by atoms with Gasteiger partial charge in [-0.25, -0.2) is 0 Å². The Kier molecular flexibility index (Phi) is 6.11. The Bertz CT molecular complexity index is 1000. The van der Waals surface area contributed by atoms with Crippen molar-refractivity contribution in [2.24, 2.45) is 17.8 Å². The van der Waals surface area contributed by atoms with Crippen LogP contribution in [0.5, 0.6) is 0 Å². The normalized spacial score (nSPS) is 27.8. The molecule has 0 radical (unpaired) electrons. The maximum absolute atomic E-state index is 13.5. The van der Waals surface area contributed by atoms with Gasteiger partial charge in [0.2, 0.25) is 5.91 Å². The quantitative estimate of drug-likeness (QED) is 0.724. The van der Waals surface area contributed by atoms with Gasteiger partial charge in [0.1, 0.15) is 0 Å². The predicted octanol–water partition coefficient (Wildman–Crippen LogP) is 2.10. The van der Waals surface area contributed by atoms with E-state index in [1.54, 1.807) is 18.3 Å². The van der Waals surface area contributed by atoms with Crippen LogP contribution in [0.15, 0.2) is 47.4 Å². The molecule has 0 unspecified atom stereocenters. The largest absolute Gasteiger partial charge is 0.396 e. The van der Waals surface area contributed by atoms with Gasteiger partial charge in [-0.1, -0.05) is 31.4 Å². The summed E-state index contributed by atoms with van der Waals surface area (Å²) in [6.45, 7) is 1.76. The van der Waals surface area contributed by atoms with Crippen molar-refractivity contribution in [2.45, 2.75) is 57.3 Å². The van der Waals surface area contributed by atoms with Gasteiger partial charge in [0, 0.05) is 49.6 Å². The molecule has 3 aliphatic rings. The molecule has 32 heavy (non-hydrogen) atoms. The zero-order valence-electron chi connectivity index (χ0n) is 18.4. The van der Waals surface area contributed by atoms with Gasteiger partial charge in [0.25, 0.3) is 5.56 Å². The van der Waals surface area contributed by atoms with Crippen molar-refractivity contribution in [1.82, 2.24) is 19.8 Å². The van der Waals surface area contributed by atoms with E-state index >= 15 is 0 Å². The van der Waals surface area contributed by atoms with E-state index in [4.69, 9.17) is 0 Å². The summed E-state index contributed by atoms with van der Waals surface area (Å²) < 4.78 is 1.82. The Labute approximate surface area is 188 Å². The molecule has 2 aromatic rings. The van der Waals surface area contributed by atoms with Crippen molar-refractivity contribution in [3.8, 4) is 0 Å². The van der Waals surface area contributed by atoms with E-state index in [0.29, 0.717) is 19.0 Å². The zero-order valence-corrected chi connectivity index (χ0v) is 18.4. The number of amides is 1. The van der Waals surface area contributed by atoms with Crippen molar-refractivity contribution >= 4 is 5.91 Å². The molecule has 2 N–H and O–H groups in total. The first-order chi connectivity index (χ1) is 15.7. The van der Waals surface area contributed by atoms with E-state index in [-0.39, 0.29) is 36.1 Å². The standard InChI is InChI=1S/C25H32N4O3/c30-16-19-21-15-28-20(10-6-11-22(28)31)24(29(21)14-17-7-2-1-3-8-17)23(19)25(32)27-13-18-9-4-5-12-26-18/h4-6,9-12,17,19,21,23-24,30H,1-3,7-8,13-16H2,(H,27,32)/t19-,21-,23+,24+/m1/s1. The number of aliphatic hydroxyl groups excluding tert-OH is 1. The van der Waals surface area contributed by atoms with E-state index in [2.05, 4.69) is 15.2 Å². The monoisotopic (exact) mass is 436 g/mol. The molecule has 5 rings (SSSR count).